The second kappa shape index (κ2) is 8.14. The Morgan fingerprint density at radius 1 is 1.25 bits per heavy atom. The van der Waals surface area contributed by atoms with Crippen molar-refractivity contribution in [1.82, 2.24) is 20.3 Å². The predicted molar refractivity (Wildman–Crippen MR) is 96.2 cm³/mol. The van der Waals surface area contributed by atoms with E-state index < -0.39 is 6.10 Å². The van der Waals surface area contributed by atoms with E-state index >= 15 is 0 Å². The van der Waals surface area contributed by atoms with Crippen molar-refractivity contribution in [3.8, 4) is 0 Å². The van der Waals surface area contributed by atoms with Gasteiger partial charge < -0.3 is 20.4 Å². The van der Waals surface area contributed by atoms with E-state index in [0.717, 1.165) is 17.7 Å². The zero-order valence-electron chi connectivity index (χ0n) is 13.2. The smallest absolute Gasteiger partial charge is 0.275 e. The molecule has 4 N–H and O–H groups in total. The minimum Gasteiger partial charge on any atom is -0.392 e. The predicted octanol–water partition coefficient (Wildman–Crippen LogP) is 1.88. The number of nitrogens with zero attached hydrogens (tertiary/aromatic N) is 1. The van der Waals surface area contributed by atoms with E-state index in [1.807, 2.05) is 18.2 Å². The molecular weight excluding hydrogens is 324 g/mol. The van der Waals surface area contributed by atoms with Crippen LogP contribution in [0.5, 0.6) is 0 Å². The molecule has 7 heteroatoms. The molecule has 3 aromatic rings. The van der Waals surface area contributed by atoms with Gasteiger partial charge in [-0.25, -0.2) is 4.98 Å². The summed E-state index contributed by atoms with van der Waals surface area (Å²) in [6, 6.07) is 10.2. The van der Waals surface area contributed by atoms with Gasteiger partial charge in [0.1, 0.15) is 5.52 Å². The summed E-state index contributed by atoms with van der Waals surface area (Å²) >= 11 is 1.74. The van der Waals surface area contributed by atoms with Crippen molar-refractivity contribution >= 4 is 22.8 Å². The van der Waals surface area contributed by atoms with Gasteiger partial charge in [0.05, 0.1) is 17.9 Å². The third-order valence-corrected chi connectivity index (χ3v) is 4.75. The van der Waals surface area contributed by atoms with E-state index in [9.17, 15) is 9.90 Å². The van der Waals surface area contributed by atoms with Crippen LogP contribution < -0.4 is 10.9 Å². The maximum absolute atomic E-state index is 11.6. The Balaban J connectivity index is 1.42. The molecule has 0 aliphatic rings. The molecule has 126 valence electrons. The molecule has 3 rings (SSSR count). The summed E-state index contributed by atoms with van der Waals surface area (Å²) in [6.07, 6.45) is 3.50. The second-order valence-electron chi connectivity index (χ2n) is 5.50. The number of aliphatic hydroxyl groups excluding tert-OH is 1. The topological polar surface area (TPSA) is 93.8 Å². The van der Waals surface area contributed by atoms with E-state index in [0.29, 0.717) is 24.1 Å². The highest BCUT2D eigenvalue weighted by atomic mass is 32.2. The zero-order chi connectivity index (χ0) is 16.8. The Morgan fingerprint density at radius 3 is 2.92 bits per heavy atom. The quantitative estimate of drug-likeness (QED) is 0.468. The van der Waals surface area contributed by atoms with Gasteiger partial charge in [0.2, 0.25) is 0 Å². The largest absolute Gasteiger partial charge is 0.392 e. The number of rotatable bonds is 8. The highest BCUT2D eigenvalue weighted by Gasteiger charge is 2.09. The van der Waals surface area contributed by atoms with Crippen LogP contribution in [0.15, 0.2) is 52.5 Å². The number of aromatic nitrogens is 3. The SMILES string of the molecule is O=c1[nH]cnc2c(CNCC(O)CCSc3ccccc3)c[nH]c12. The Morgan fingerprint density at radius 2 is 2.08 bits per heavy atom. The van der Waals surface area contributed by atoms with Crippen molar-refractivity contribution < 1.29 is 5.11 Å². The molecule has 24 heavy (non-hydrogen) atoms. The maximum atomic E-state index is 11.6. The first-order valence-corrected chi connectivity index (χ1v) is 8.83. The summed E-state index contributed by atoms with van der Waals surface area (Å²) in [5.41, 5.74) is 1.89. The summed E-state index contributed by atoms with van der Waals surface area (Å²) in [5, 5.41) is 13.3. The minimum atomic E-state index is -0.400. The number of aliphatic hydroxyl groups is 1. The number of aromatic amines is 2. The molecule has 0 bridgehead atoms. The van der Waals surface area contributed by atoms with Crippen molar-refractivity contribution in [2.75, 3.05) is 12.3 Å². The third kappa shape index (κ3) is 4.25. The molecule has 1 aromatic carbocycles. The average Bonchev–Trinajstić information content (AvgIpc) is 3.01. The Kier molecular flexibility index (Phi) is 5.68. The van der Waals surface area contributed by atoms with E-state index in [-0.39, 0.29) is 5.56 Å². The van der Waals surface area contributed by atoms with E-state index in [2.05, 4.69) is 32.4 Å². The molecule has 6 nitrogen and oxygen atoms in total. The molecule has 2 heterocycles. The van der Waals surface area contributed by atoms with Crippen LogP contribution in [-0.2, 0) is 6.54 Å². The van der Waals surface area contributed by atoms with E-state index in [4.69, 9.17) is 0 Å². The molecule has 0 saturated carbocycles. The zero-order valence-corrected chi connectivity index (χ0v) is 14.0. The number of hydrogen-bond acceptors (Lipinski definition) is 5. The van der Waals surface area contributed by atoms with Gasteiger partial charge in [-0.15, -0.1) is 11.8 Å². The minimum absolute atomic E-state index is 0.177. The van der Waals surface area contributed by atoms with Gasteiger partial charge in [-0.05, 0) is 18.6 Å². The summed E-state index contributed by atoms with van der Waals surface area (Å²) in [5.74, 6) is 0.872. The summed E-state index contributed by atoms with van der Waals surface area (Å²) in [4.78, 5) is 22.5. The highest BCUT2D eigenvalue weighted by molar-refractivity contribution is 7.99. The summed E-state index contributed by atoms with van der Waals surface area (Å²) < 4.78 is 0. The Hall–Kier alpha value is -2.09. The van der Waals surface area contributed by atoms with Crippen LogP contribution in [0.4, 0.5) is 0 Å². The lowest BCUT2D eigenvalue weighted by Gasteiger charge is -2.11. The monoisotopic (exact) mass is 344 g/mol. The summed E-state index contributed by atoms with van der Waals surface area (Å²) in [6.45, 7) is 1.06. The molecule has 1 atom stereocenters. The lowest BCUT2D eigenvalue weighted by atomic mass is 10.2. The maximum Gasteiger partial charge on any atom is 0.275 e. The van der Waals surface area contributed by atoms with Crippen molar-refractivity contribution in [2.24, 2.45) is 0 Å². The molecular formula is C17H20N4O2S. The molecule has 0 aliphatic heterocycles. The van der Waals surface area contributed by atoms with E-state index in [1.165, 1.54) is 11.2 Å². The lowest BCUT2D eigenvalue weighted by Crippen LogP contribution is -2.26. The highest BCUT2D eigenvalue weighted by Crippen LogP contribution is 2.18. The van der Waals surface area contributed by atoms with Crippen molar-refractivity contribution in [3.63, 3.8) is 0 Å². The Labute approximate surface area is 143 Å². The van der Waals surface area contributed by atoms with Crippen LogP contribution in [0.25, 0.3) is 11.0 Å². The number of nitrogens with one attached hydrogen (secondary N) is 3. The van der Waals surface area contributed by atoms with Gasteiger partial charge in [-0.3, -0.25) is 4.79 Å². The van der Waals surface area contributed by atoms with Crippen LogP contribution in [0.3, 0.4) is 0 Å². The average molecular weight is 344 g/mol. The molecule has 2 aromatic heterocycles. The van der Waals surface area contributed by atoms with Gasteiger partial charge in [-0.2, -0.15) is 0 Å². The standard InChI is InChI=1S/C17H20N4O2S/c22-13(6-7-24-14-4-2-1-3-5-14)10-18-8-12-9-19-16-15(12)20-11-21-17(16)23/h1-5,9,11,13,18-19,22H,6-8,10H2,(H,20,21,23). The lowest BCUT2D eigenvalue weighted by molar-refractivity contribution is 0.168. The molecule has 0 amide bonds. The molecule has 1 unspecified atom stereocenters. The fraction of sp³-hybridized carbons (Fsp3) is 0.294. The number of fused-ring (bicyclic) bond motifs is 1. The normalized spacial score (nSPS) is 12.5. The molecule has 0 spiro atoms. The number of thioether (sulfide) groups is 1. The van der Waals surface area contributed by atoms with Gasteiger partial charge >= 0.3 is 0 Å². The molecule has 0 radical (unpaired) electrons. The van der Waals surface area contributed by atoms with Crippen molar-refractivity contribution in [2.45, 2.75) is 24.0 Å². The molecule has 0 aliphatic carbocycles. The number of H-pyrrole nitrogens is 2. The fourth-order valence-corrected chi connectivity index (χ4v) is 3.42. The fourth-order valence-electron chi connectivity index (χ4n) is 2.44. The third-order valence-electron chi connectivity index (χ3n) is 3.71. The van der Waals surface area contributed by atoms with Crippen LogP contribution in [0.1, 0.15) is 12.0 Å². The van der Waals surface area contributed by atoms with Gasteiger partial charge in [0.25, 0.3) is 5.56 Å². The van der Waals surface area contributed by atoms with Gasteiger partial charge in [-0.1, -0.05) is 18.2 Å². The van der Waals surface area contributed by atoms with Crippen LogP contribution in [0, 0.1) is 0 Å². The van der Waals surface area contributed by atoms with Gasteiger partial charge in [0, 0.05) is 35.5 Å². The van der Waals surface area contributed by atoms with Crippen molar-refractivity contribution in [3.05, 3.63) is 58.8 Å². The number of hydrogen-bond donors (Lipinski definition) is 4. The Bertz CT molecular complexity index is 831. The number of benzene rings is 1. The van der Waals surface area contributed by atoms with Crippen LogP contribution in [0.2, 0.25) is 0 Å². The van der Waals surface area contributed by atoms with Gasteiger partial charge in [0.15, 0.2) is 0 Å². The first-order chi connectivity index (χ1) is 11.7. The molecule has 0 fully saturated rings. The summed E-state index contributed by atoms with van der Waals surface area (Å²) in [7, 11) is 0. The first-order valence-electron chi connectivity index (χ1n) is 7.84. The van der Waals surface area contributed by atoms with Crippen LogP contribution >= 0.6 is 11.8 Å². The second-order valence-corrected chi connectivity index (χ2v) is 6.67. The molecule has 0 saturated heterocycles. The van der Waals surface area contributed by atoms with Crippen LogP contribution in [-0.4, -0.2) is 38.5 Å². The van der Waals surface area contributed by atoms with Crippen molar-refractivity contribution in [1.29, 1.82) is 0 Å². The first kappa shape index (κ1) is 16.8. The van der Waals surface area contributed by atoms with E-state index in [1.54, 1.807) is 18.0 Å².